The molecule has 1 aromatic heterocycles. The van der Waals surface area contributed by atoms with Crippen LogP contribution < -0.4 is 5.32 Å². The lowest BCUT2D eigenvalue weighted by Gasteiger charge is -2.22. The van der Waals surface area contributed by atoms with Gasteiger partial charge in [-0.15, -0.1) is 0 Å². The average Bonchev–Trinajstić information content (AvgIpc) is 2.82. The Morgan fingerprint density at radius 3 is 2.70 bits per heavy atom. The van der Waals surface area contributed by atoms with Crippen LogP contribution in [-0.2, 0) is 16.1 Å². The zero-order chi connectivity index (χ0) is 15.1. The molecule has 0 bridgehead atoms. The Hall–Kier alpha value is -1.82. The molecule has 0 spiro atoms. The van der Waals surface area contributed by atoms with Crippen LogP contribution in [0.5, 0.6) is 0 Å². The third-order valence-electron chi connectivity index (χ3n) is 3.02. The molecule has 1 unspecified atom stereocenters. The van der Waals surface area contributed by atoms with Gasteiger partial charge in [-0.05, 0) is 25.0 Å². The van der Waals surface area contributed by atoms with Crippen LogP contribution in [0, 0.1) is 5.92 Å². The van der Waals surface area contributed by atoms with Crippen LogP contribution in [0.1, 0.15) is 31.3 Å². The molecular formula is C14H22N2O4. The first-order valence-corrected chi connectivity index (χ1v) is 6.71. The minimum atomic E-state index is -1.04. The highest BCUT2D eigenvalue weighted by molar-refractivity contribution is 5.86. The normalized spacial score (nSPS) is 12.4. The van der Waals surface area contributed by atoms with Gasteiger partial charge in [0.2, 0.25) is 5.91 Å². The first kappa shape index (κ1) is 16.2. The summed E-state index contributed by atoms with van der Waals surface area (Å²) in [5, 5.41) is 11.9. The van der Waals surface area contributed by atoms with Gasteiger partial charge in [-0.3, -0.25) is 4.79 Å². The van der Waals surface area contributed by atoms with Crippen molar-refractivity contribution < 1.29 is 19.4 Å². The van der Waals surface area contributed by atoms with Gasteiger partial charge in [0.25, 0.3) is 0 Å². The van der Waals surface area contributed by atoms with Crippen molar-refractivity contribution in [2.24, 2.45) is 5.92 Å². The maximum absolute atomic E-state index is 12.0. The van der Waals surface area contributed by atoms with E-state index in [0.717, 1.165) is 0 Å². The van der Waals surface area contributed by atoms with E-state index >= 15 is 0 Å². The largest absolute Gasteiger partial charge is 0.477 e. The minimum absolute atomic E-state index is 0.00994. The van der Waals surface area contributed by atoms with Crippen LogP contribution >= 0.6 is 0 Å². The number of amides is 1. The maximum Gasteiger partial charge on any atom is 0.352 e. The van der Waals surface area contributed by atoms with E-state index in [1.807, 2.05) is 20.8 Å². The van der Waals surface area contributed by atoms with E-state index in [1.165, 1.54) is 10.6 Å². The molecular weight excluding hydrogens is 260 g/mol. The Morgan fingerprint density at radius 1 is 1.45 bits per heavy atom. The molecule has 1 rings (SSSR count). The van der Waals surface area contributed by atoms with Crippen molar-refractivity contribution in [3.63, 3.8) is 0 Å². The first-order chi connectivity index (χ1) is 9.45. The van der Waals surface area contributed by atoms with Gasteiger partial charge in [-0.1, -0.05) is 13.8 Å². The Labute approximate surface area is 118 Å². The number of hydrogen-bond acceptors (Lipinski definition) is 3. The summed E-state index contributed by atoms with van der Waals surface area (Å²) in [4.78, 5) is 22.9. The summed E-state index contributed by atoms with van der Waals surface area (Å²) < 4.78 is 6.75. The summed E-state index contributed by atoms with van der Waals surface area (Å²) in [6.07, 6.45) is 1.58. The van der Waals surface area contributed by atoms with Gasteiger partial charge < -0.3 is 19.7 Å². The lowest BCUT2D eigenvalue weighted by molar-refractivity contribution is -0.123. The van der Waals surface area contributed by atoms with Crippen molar-refractivity contribution in [2.45, 2.75) is 33.4 Å². The van der Waals surface area contributed by atoms with E-state index in [-0.39, 0.29) is 30.1 Å². The van der Waals surface area contributed by atoms with Crippen molar-refractivity contribution in [3.05, 3.63) is 24.0 Å². The lowest BCUT2D eigenvalue weighted by Crippen LogP contribution is -2.43. The quantitative estimate of drug-likeness (QED) is 0.754. The number of carboxylic acids is 1. The number of carboxylic acid groups (broad SMARTS) is 1. The Kier molecular flexibility index (Phi) is 6.24. The summed E-state index contributed by atoms with van der Waals surface area (Å²) in [7, 11) is 0. The smallest absolute Gasteiger partial charge is 0.352 e. The summed E-state index contributed by atoms with van der Waals surface area (Å²) >= 11 is 0. The van der Waals surface area contributed by atoms with E-state index in [0.29, 0.717) is 13.2 Å². The van der Waals surface area contributed by atoms with Crippen molar-refractivity contribution in [2.75, 3.05) is 13.2 Å². The molecule has 0 radical (unpaired) electrons. The number of nitrogens with one attached hydrogen (secondary N) is 1. The van der Waals surface area contributed by atoms with Gasteiger partial charge >= 0.3 is 5.97 Å². The van der Waals surface area contributed by atoms with Crippen LogP contribution in [0.25, 0.3) is 0 Å². The second-order valence-corrected chi connectivity index (χ2v) is 4.90. The summed E-state index contributed by atoms with van der Waals surface area (Å²) in [6.45, 7) is 6.95. The molecule has 1 amide bonds. The Balaban J connectivity index is 2.61. The highest BCUT2D eigenvalue weighted by Crippen LogP contribution is 2.05. The Morgan fingerprint density at radius 2 is 2.15 bits per heavy atom. The van der Waals surface area contributed by atoms with E-state index in [9.17, 15) is 9.59 Å². The topological polar surface area (TPSA) is 80.6 Å². The van der Waals surface area contributed by atoms with Gasteiger partial charge in [-0.25, -0.2) is 4.79 Å². The molecule has 0 fully saturated rings. The minimum Gasteiger partial charge on any atom is -0.477 e. The monoisotopic (exact) mass is 282 g/mol. The zero-order valence-corrected chi connectivity index (χ0v) is 12.1. The number of hydrogen-bond donors (Lipinski definition) is 2. The molecule has 0 aliphatic heterocycles. The third-order valence-corrected chi connectivity index (χ3v) is 3.02. The molecule has 0 saturated heterocycles. The molecule has 2 N–H and O–H groups in total. The molecule has 112 valence electrons. The van der Waals surface area contributed by atoms with Gasteiger partial charge in [0.05, 0.1) is 12.6 Å². The van der Waals surface area contributed by atoms with E-state index in [2.05, 4.69) is 5.32 Å². The third kappa shape index (κ3) is 4.70. The molecule has 0 aliphatic carbocycles. The van der Waals surface area contributed by atoms with Crippen molar-refractivity contribution in [1.82, 2.24) is 9.88 Å². The van der Waals surface area contributed by atoms with Crippen molar-refractivity contribution in [3.8, 4) is 0 Å². The standard InChI is InChI=1S/C14H22N2O4/c1-4-20-9-11(10(2)3)15-13(17)8-16-7-5-6-12(16)14(18)19/h5-7,10-11H,4,8-9H2,1-3H3,(H,15,17)(H,18,19). The van der Waals surface area contributed by atoms with Crippen LogP contribution in [0.3, 0.4) is 0 Å². The molecule has 0 aromatic carbocycles. The average molecular weight is 282 g/mol. The fourth-order valence-electron chi connectivity index (χ4n) is 1.80. The van der Waals surface area contributed by atoms with Gasteiger partial charge in [0.15, 0.2) is 0 Å². The lowest BCUT2D eigenvalue weighted by atomic mass is 10.1. The van der Waals surface area contributed by atoms with E-state index in [4.69, 9.17) is 9.84 Å². The van der Waals surface area contributed by atoms with Crippen LogP contribution in [0.4, 0.5) is 0 Å². The van der Waals surface area contributed by atoms with Gasteiger partial charge in [0, 0.05) is 12.8 Å². The van der Waals surface area contributed by atoms with Crippen molar-refractivity contribution >= 4 is 11.9 Å². The molecule has 6 heteroatoms. The fraction of sp³-hybridized carbons (Fsp3) is 0.571. The number of aromatic carboxylic acids is 1. The number of rotatable bonds is 8. The fourth-order valence-corrected chi connectivity index (χ4v) is 1.80. The molecule has 1 heterocycles. The predicted octanol–water partition coefficient (Wildman–Crippen LogP) is 1.36. The predicted molar refractivity (Wildman–Crippen MR) is 74.7 cm³/mol. The van der Waals surface area contributed by atoms with Crippen LogP contribution in [-0.4, -0.2) is 40.8 Å². The van der Waals surface area contributed by atoms with Crippen LogP contribution in [0.15, 0.2) is 18.3 Å². The molecule has 1 aromatic rings. The number of ether oxygens (including phenoxy) is 1. The number of carbonyl (C=O) groups excluding carboxylic acids is 1. The van der Waals surface area contributed by atoms with Crippen LogP contribution in [0.2, 0.25) is 0 Å². The molecule has 0 saturated carbocycles. The van der Waals surface area contributed by atoms with E-state index in [1.54, 1.807) is 12.3 Å². The van der Waals surface area contributed by atoms with Crippen molar-refractivity contribution in [1.29, 1.82) is 0 Å². The summed E-state index contributed by atoms with van der Waals surface area (Å²) in [5.41, 5.74) is 0.103. The SMILES string of the molecule is CCOCC(NC(=O)Cn1cccc1C(=O)O)C(C)C. The van der Waals surface area contributed by atoms with E-state index < -0.39 is 5.97 Å². The second kappa shape index (κ2) is 7.69. The van der Waals surface area contributed by atoms with Gasteiger partial charge in [0.1, 0.15) is 12.2 Å². The summed E-state index contributed by atoms with van der Waals surface area (Å²) in [6, 6.07) is 3.00. The molecule has 1 atom stereocenters. The zero-order valence-electron chi connectivity index (χ0n) is 12.1. The number of aromatic nitrogens is 1. The highest BCUT2D eigenvalue weighted by Gasteiger charge is 2.18. The number of nitrogens with zero attached hydrogens (tertiary/aromatic N) is 1. The molecule has 20 heavy (non-hydrogen) atoms. The maximum atomic E-state index is 12.0. The second-order valence-electron chi connectivity index (χ2n) is 4.90. The Bertz CT molecular complexity index is 454. The van der Waals surface area contributed by atoms with Gasteiger partial charge in [-0.2, -0.15) is 0 Å². The highest BCUT2D eigenvalue weighted by atomic mass is 16.5. The molecule has 6 nitrogen and oxygen atoms in total. The summed E-state index contributed by atoms with van der Waals surface area (Å²) in [5.74, 6) is -1.02. The first-order valence-electron chi connectivity index (χ1n) is 6.71. The number of carbonyl (C=O) groups is 2. The molecule has 0 aliphatic rings.